The molecule has 0 saturated heterocycles. The second-order valence-electron chi connectivity index (χ2n) is 2.75. The summed E-state index contributed by atoms with van der Waals surface area (Å²) in [5, 5.41) is 2.00. The van der Waals surface area contributed by atoms with E-state index in [1.807, 2.05) is 24.3 Å². The molecule has 1 heterocycles. The van der Waals surface area contributed by atoms with Crippen LogP contribution in [0.1, 0.15) is 5.56 Å². The zero-order valence-corrected chi connectivity index (χ0v) is 6.99. The standard InChI is InChI=1S/C11H8N2/c1-2-9-10-6-4-3-5-8(10)7-13-11(9)12/h1,3-7H,(H2,12,13). The number of pyridine rings is 1. The van der Waals surface area contributed by atoms with Crippen LogP contribution in [0.4, 0.5) is 5.82 Å². The molecule has 0 bridgehead atoms. The van der Waals surface area contributed by atoms with Crippen LogP contribution in [0.2, 0.25) is 0 Å². The van der Waals surface area contributed by atoms with E-state index in [9.17, 15) is 0 Å². The summed E-state index contributed by atoms with van der Waals surface area (Å²) in [5.41, 5.74) is 6.32. The summed E-state index contributed by atoms with van der Waals surface area (Å²) in [7, 11) is 0. The van der Waals surface area contributed by atoms with Crippen LogP contribution in [0.25, 0.3) is 10.8 Å². The highest BCUT2D eigenvalue weighted by Crippen LogP contribution is 2.20. The molecule has 1 aromatic heterocycles. The number of aromatic nitrogens is 1. The van der Waals surface area contributed by atoms with E-state index < -0.39 is 0 Å². The Morgan fingerprint density at radius 3 is 2.85 bits per heavy atom. The third kappa shape index (κ3) is 1.11. The molecule has 0 saturated carbocycles. The predicted octanol–water partition coefficient (Wildman–Crippen LogP) is 1.80. The van der Waals surface area contributed by atoms with Crippen LogP contribution in [0.3, 0.4) is 0 Å². The van der Waals surface area contributed by atoms with Crippen LogP contribution < -0.4 is 5.73 Å². The van der Waals surface area contributed by atoms with Gasteiger partial charge in [-0.3, -0.25) is 0 Å². The molecule has 0 amide bonds. The van der Waals surface area contributed by atoms with Gasteiger partial charge in [0.25, 0.3) is 0 Å². The van der Waals surface area contributed by atoms with E-state index in [1.54, 1.807) is 6.20 Å². The molecule has 13 heavy (non-hydrogen) atoms. The number of nitrogens with zero attached hydrogens (tertiary/aromatic N) is 1. The zero-order valence-electron chi connectivity index (χ0n) is 6.99. The van der Waals surface area contributed by atoms with Crippen molar-refractivity contribution in [1.29, 1.82) is 0 Å². The Balaban J connectivity index is 2.94. The van der Waals surface area contributed by atoms with Crippen LogP contribution in [0, 0.1) is 12.3 Å². The number of nitrogens with two attached hydrogens (primary N) is 1. The second-order valence-corrected chi connectivity index (χ2v) is 2.75. The summed E-state index contributed by atoms with van der Waals surface area (Å²) in [6.07, 6.45) is 7.07. The van der Waals surface area contributed by atoms with E-state index in [0.717, 1.165) is 10.8 Å². The molecule has 0 aliphatic heterocycles. The van der Waals surface area contributed by atoms with Gasteiger partial charge in [0.2, 0.25) is 0 Å². The normalized spacial score (nSPS) is 9.77. The fourth-order valence-electron chi connectivity index (χ4n) is 1.33. The van der Waals surface area contributed by atoms with Gasteiger partial charge in [-0.1, -0.05) is 30.2 Å². The number of hydrogen-bond acceptors (Lipinski definition) is 2. The van der Waals surface area contributed by atoms with Crippen LogP contribution in [0.15, 0.2) is 30.5 Å². The van der Waals surface area contributed by atoms with Crippen LogP contribution in [-0.4, -0.2) is 4.98 Å². The topological polar surface area (TPSA) is 38.9 Å². The number of hydrogen-bond donors (Lipinski definition) is 1. The van der Waals surface area contributed by atoms with Crippen molar-refractivity contribution in [2.75, 3.05) is 5.73 Å². The molecule has 2 N–H and O–H groups in total. The highest BCUT2D eigenvalue weighted by Gasteiger charge is 2.02. The van der Waals surface area contributed by atoms with Crippen molar-refractivity contribution in [3.8, 4) is 12.3 Å². The van der Waals surface area contributed by atoms with E-state index in [2.05, 4.69) is 10.9 Å². The van der Waals surface area contributed by atoms with Crippen molar-refractivity contribution < 1.29 is 0 Å². The molecule has 0 fully saturated rings. The molecule has 0 unspecified atom stereocenters. The zero-order chi connectivity index (χ0) is 9.26. The van der Waals surface area contributed by atoms with Gasteiger partial charge in [0, 0.05) is 17.0 Å². The highest BCUT2D eigenvalue weighted by molar-refractivity contribution is 5.90. The van der Waals surface area contributed by atoms with Gasteiger partial charge in [0.05, 0.1) is 5.56 Å². The SMILES string of the molecule is C#Cc1c(N)ncc2ccccc12. The van der Waals surface area contributed by atoms with Gasteiger partial charge in [-0.25, -0.2) is 4.98 Å². The average Bonchev–Trinajstić information content (AvgIpc) is 2.18. The highest BCUT2D eigenvalue weighted by atomic mass is 14.8. The second kappa shape index (κ2) is 2.80. The van der Waals surface area contributed by atoms with Crippen molar-refractivity contribution in [2.45, 2.75) is 0 Å². The number of rotatable bonds is 0. The molecule has 2 heteroatoms. The van der Waals surface area contributed by atoms with Crippen LogP contribution in [0.5, 0.6) is 0 Å². The fourth-order valence-corrected chi connectivity index (χ4v) is 1.33. The Hall–Kier alpha value is -2.01. The molecule has 2 nitrogen and oxygen atoms in total. The maximum absolute atomic E-state index is 5.64. The Bertz CT molecular complexity index is 495. The van der Waals surface area contributed by atoms with Gasteiger partial charge in [-0.2, -0.15) is 0 Å². The van der Waals surface area contributed by atoms with Crippen molar-refractivity contribution in [3.63, 3.8) is 0 Å². The number of terminal acetylenes is 1. The lowest BCUT2D eigenvalue weighted by Crippen LogP contribution is -1.94. The molecule has 0 radical (unpaired) electrons. The summed E-state index contributed by atoms with van der Waals surface area (Å²) in [5.74, 6) is 2.97. The fraction of sp³-hybridized carbons (Fsp3) is 0. The van der Waals surface area contributed by atoms with E-state index in [0.29, 0.717) is 11.4 Å². The van der Waals surface area contributed by atoms with E-state index in [-0.39, 0.29) is 0 Å². The van der Waals surface area contributed by atoms with E-state index in [4.69, 9.17) is 12.2 Å². The third-order valence-corrected chi connectivity index (χ3v) is 1.97. The summed E-state index contributed by atoms with van der Waals surface area (Å²) < 4.78 is 0. The lowest BCUT2D eigenvalue weighted by atomic mass is 10.1. The largest absolute Gasteiger partial charge is 0.383 e. The van der Waals surface area contributed by atoms with Gasteiger partial charge in [0.1, 0.15) is 5.82 Å². The Labute approximate surface area is 76.4 Å². The summed E-state index contributed by atoms with van der Waals surface area (Å²) in [6, 6.07) is 7.79. The average molecular weight is 168 g/mol. The molecule has 0 aliphatic rings. The van der Waals surface area contributed by atoms with Crippen LogP contribution in [-0.2, 0) is 0 Å². The summed E-state index contributed by atoms with van der Waals surface area (Å²) in [4.78, 5) is 4.01. The van der Waals surface area contributed by atoms with Gasteiger partial charge >= 0.3 is 0 Å². The first kappa shape index (κ1) is 7.63. The van der Waals surface area contributed by atoms with Crippen LogP contribution >= 0.6 is 0 Å². The van der Waals surface area contributed by atoms with Gasteiger partial charge < -0.3 is 5.73 Å². The smallest absolute Gasteiger partial charge is 0.139 e. The van der Waals surface area contributed by atoms with E-state index in [1.165, 1.54) is 0 Å². The molecule has 1 aromatic carbocycles. The molecule has 0 atom stereocenters. The molecule has 2 rings (SSSR count). The van der Waals surface area contributed by atoms with Gasteiger partial charge in [-0.15, -0.1) is 6.42 Å². The quantitative estimate of drug-likeness (QED) is 0.609. The summed E-state index contributed by atoms with van der Waals surface area (Å²) in [6.45, 7) is 0. The molecule has 2 aromatic rings. The number of benzene rings is 1. The maximum Gasteiger partial charge on any atom is 0.139 e. The molecule has 0 spiro atoms. The first-order valence-corrected chi connectivity index (χ1v) is 3.93. The summed E-state index contributed by atoms with van der Waals surface area (Å²) >= 11 is 0. The monoisotopic (exact) mass is 168 g/mol. The van der Waals surface area contributed by atoms with Gasteiger partial charge in [0.15, 0.2) is 0 Å². The molecule has 62 valence electrons. The van der Waals surface area contributed by atoms with Crippen molar-refractivity contribution >= 4 is 16.6 Å². The lowest BCUT2D eigenvalue weighted by molar-refractivity contribution is 1.36. The number of anilines is 1. The molecule has 0 aliphatic carbocycles. The number of fused-ring (bicyclic) bond motifs is 1. The van der Waals surface area contributed by atoms with Crippen molar-refractivity contribution in [3.05, 3.63) is 36.0 Å². The third-order valence-electron chi connectivity index (χ3n) is 1.97. The minimum atomic E-state index is 0.418. The number of nitrogen functional groups attached to an aromatic ring is 1. The minimum Gasteiger partial charge on any atom is -0.383 e. The van der Waals surface area contributed by atoms with E-state index >= 15 is 0 Å². The molecular formula is C11H8N2. The Morgan fingerprint density at radius 1 is 1.31 bits per heavy atom. The van der Waals surface area contributed by atoms with Gasteiger partial charge in [-0.05, 0) is 0 Å². The Kier molecular flexibility index (Phi) is 1.64. The Morgan fingerprint density at radius 2 is 2.08 bits per heavy atom. The maximum atomic E-state index is 5.64. The minimum absolute atomic E-state index is 0.418. The lowest BCUT2D eigenvalue weighted by Gasteiger charge is -2.02. The van der Waals surface area contributed by atoms with Crippen molar-refractivity contribution in [2.24, 2.45) is 0 Å². The first-order valence-electron chi connectivity index (χ1n) is 3.93. The molecular weight excluding hydrogens is 160 g/mol. The van der Waals surface area contributed by atoms with Crippen molar-refractivity contribution in [1.82, 2.24) is 4.98 Å². The first-order chi connectivity index (χ1) is 6.33. The predicted molar refractivity (Wildman–Crippen MR) is 54.1 cm³/mol.